The number of rotatable bonds is 4. The van der Waals surface area contributed by atoms with Gasteiger partial charge in [-0.2, -0.15) is 0 Å². The van der Waals surface area contributed by atoms with E-state index in [4.69, 9.17) is 21.4 Å². The molecule has 2 aromatic carbocycles. The highest BCUT2D eigenvalue weighted by atomic mass is 35.5. The Hall–Kier alpha value is -2.14. The monoisotopic (exact) mass is 298 g/mol. The third kappa shape index (κ3) is 3.05. The molecule has 0 heterocycles. The van der Waals surface area contributed by atoms with E-state index < -0.39 is 17.6 Å². The molecule has 0 amide bonds. The normalized spacial score (nSPS) is 10.3. The number of carboxylic acids is 1. The lowest BCUT2D eigenvalue weighted by molar-refractivity contribution is 0.0691. The number of hydrogen-bond acceptors (Lipinski definition) is 2. The summed E-state index contributed by atoms with van der Waals surface area (Å²) in [7, 11) is 0. The van der Waals surface area contributed by atoms with Crippen molar-refractivity contribution < 1.29 is 23.4 Å². The zero-order valence-corrected chi connectivity index (χ0v) is 10.8. The molecular weight excluding hydrogens is 290 g/mol. The Kier molecular flexibility index (Phi) is 4.20. The third-order valence-electron chi connectivity index (χ3n) is 2.56. The zero-order valence-electron chi connectivity index (χ0n) is 10.1. The van der Waals surface area contributed by atoms with Crippen molar-refractivity contribution in [2.24, 2.45) is 0 Å². The van der Waals surface area contributed by atoms with Gasteiger partial charge in [0, 0.05) is 0 Å². The Morgan fingerprint density at radius 2 is 1.95 bits per heavy atom. The molecule has 2 aromatic rings. The first-order valence-electron chi connectivity index (χ1n) is 5.57. The summed E-state index contributed by atoms with van der Waals surface area (Å²) < 4.78 is 31.1. The molecule has 0 aliphatic rings. The lowest BCUT2D eigenvalue weighted by Crippen LogP contribution is -2.04. The maximum absolute atomic E-state index is 13.0. The van der Waals surface area contributed by atoms with Gasteiger partial charge in [-0.15, -0.1) is 0 Å². The number of benzene rings is 2. The van der Waals surface area contributed by atoms with Crippen LogP contribution in [0, 0.1) is 11.6 Å². The summed E-state index contributed by atoms with van der Waals surface area (Å²) in [6, 6.07) is 7.60. The van der Waals surface area contributed by atoms with E-state index in [-0.39, 0.29) is 22.9 Å². The standard InChI is InChI=1S/C14H9ClF2O3/c15-10-3-1-2-9(14(18)19)13(10)20-7-8-4-5-11(16)12(17)6-8/h1-6H,7H2,(H,18,19). The Balaban J connectivity index is 2.22. The van der Waals surface area contributed by atoms with Crippen molar-refractivity contribution in [1.29, 1.82) is 0 Å². The number of aromatic carboxylic acids is 1. The maximum Gasteiger partial charge on any atom is 0.339 e. The van der Waals surface area contributed by atoms with E-state index >= 15 is 0 Å². The molecule has 0 aromatic heterocycles. The first-order chi connectivity index (χ1) is 9.49. The van der Waals surface area contributed by atoms with Crippen LogP contribution in [0.3, 0.4) is 0 Å². The van der Waals surface area contributed by atoms with Gasteiger partial charge >= 0.3 is 5.97 Å². The van der Waals surface area contributed by atoms with Crippen LogP contribution in [-0.2, 0) is 6.61 Å². The van der Waals surface area contributed by atoms with Gasteiger partial charge in [0.25, 0.3) is 0 Å². The van der Waals surface area contributed by atoms with Crippen molar-refractivity contribution in [3.05, 3.63) is 64.2 Å². The van der Waals surface area contributed by atoms with Crippen LogP contribution in [0.25, 0.3) is 0 Å². The van der Waals surface area contributed by atoms with E-state index in [9.17, 15) is 13.6 Å². The molecule has 20 heavy (non-hydrogen) atoms. The van der Waals surface area contributed by atoms with Gasteiger partial charge in [-0.05, 0) is 29.8 Å². The fourth-order valence-corrected chi connectivity index (χ4v) is 1.84. The van der Waals surface area contributed by atoms with Crippen LogP contribution in [0.15, 0.2) is 36.4 Å². The highest BCUT2D eigenvalue weighted by Crippen LogP contribution is 2.29. The molecule has 2 rings (SSSR count). The minimum Gasteiger partial charge on any atom is -0.486 e. The lowest BCUT2D eigenvalue weighted by atomic mass is 10.2. The van der Waals surface area contributed by atoms with Gasteiger partial charge in [-0.1, -0.05) is 23.7 Å². The molecule has 0 aliphatic carbocycles. The molecule has 0 unspecified atom stereocenters. The molecule has 3 nitrogen and oxygen atoms in total. The quantitative estimate of drug-likeness (QED) is 0.931. The molecule has 0 fully saturated rings. The van der Waals surface area contributed by atoms with Crippen molar-refractivity contribution in [1.82, 2.24) is 0 Å². The first-order valence-corrected chi connectivity index (χ1v) is 5.95. The fourth-order valence-electron chi connectivity index (χ4n) is 1.61. The molecule has 0 saturated heterocycles. The van der Waals surface area contributed by atoms with Crippen molar-refractivity contribution in [2.45, 2.75) is 6.61 Å². The van der Waals surface area contributed by atoms with E-state index in [1.807, 2.05) is 0 Å². The second-order valence-corrected chi connectivity index (χ2v) is 4.37. The Morgan fingerprint density at radius 3 is 2.60 bits per heavy atom. The molecule has 0 spiro atoms. The number of hydrogen-bond donors (Lipinski definition) is 1. The average molecular weight is 299 g/mol. The topological polar surface area (TPSA) is 46.5 Å². The highest BCUT2D eigenvalue weighted by Gasteiger charge is 2.14. The number of carbonyl (C=O) groups is 1. The smallest absolute Gasteiger partial charge is 0.339 e. The molecule has 6 heteroatoms. The van der Waals surface area contributed by atoms with Gasteiger partial charge in [0.15, 0.2) is 17.4 Å². The van der Waals surface area contributed by atoms with Crippen molar-refractivity contribution in [3.8, 4) is 5.75 Å². The number of para-hydroxylation sites is 1. The molecule has 104 valence electrons. The van der Waals surface area contributed by atoms with Gasteiger partial charge in [0.2, 0.25) is 0 Å². The van der Waals surface area contributed by atoms with Crippen molar-refractivity contribution in [3.63, 3.8) is 0 Å². The van der Waals surface area contributed by atoms with Crippen LogP contribution >= 0.6 is 11.6 Å². The molecule has 0 saturated carbocycles. The van der Waals surface area contributed by atoms with Crippen LogP contribution in [0.2, 0.25) is 5.02 Å². The largest absolute Gasteiger partial charge is 0.486 e. The average Bonchev–Trinajstić information content (AvgIpc) is 2.40. The predicted molar refractivity (Wildman–Crippen MR) is 69.1 cm³/mol. The van der Waals surface area contributed by atoms with E-state index in [1.165, 1.54) is 24.3 Å². The third-order valence-corrected chi connectivity index (χ3v) is 2.86. The summed E-state index contributed by atoms with van der Waals surface area (Å²) in [6.07, 6.45) is 0. The van der Waals surface area contributed by atoms with E-state index in [2.05, 4.69) is 0 Å². The second kappa shape index (κ2) is 5.88. The highest BCUT2D eigenvalue weighted by molar-refractivity contribution is 6.32. The second-order valence-electron chi connectivity index (χ2n) is 3.96. The van der Waals surface area contributed by atoms with Crippen LogP contribution in [0.1, 0.15) is 15.9 Å². The van der Waals surface area contributed by atoms with Crippen molar-refractivity contribution in [2.75, 3.05) is 0 Å². The summed E-state index contributed by atoms with van der Waals surface area (Å²) in [5.41, 5.74) is 0.264. The minimum atomic E-state index is -1.19. The molecular formula is C14H9ClF2O3. The lowest BCUT2D eigenvalue weighted by Gasteiger charge is -2.11. The van der Waals surface area contributed by atoms with Crippen LogP contribution in [-0.4, -0.2) is 11.1 Å². The van der Waals surface area contributed by atoms with E-state index in [1.54, 1.807) is 0 Å². The van der Waals surface area contributed by atoms with Gasteiger partial charge in [0.1, 0.15) is 12.2 Å². The number of ether oxygens (including phenoxy) is 1. The predicted octanol–water partition coefficient (Wildman–Crippen LogP) is 3.90. The number of carboxylic acid groups (broad SMARTS) is 1. The van der Waals surface area contributed by atoms with Gasteiger partial charge in [0.05, 0.1) is 5.02 Å². The minimum absolute atomic E-state index is 0.00796. The SMILES string of the molecule is O=C(O)c1cccc(Cl)c1OCc1ccc(F)c(F)c1. The zero-order chi connectivity index (χ0) is 14.7. The Bertz CT molecular complexity index is 659. The summed E-state index contributed by atoms with van der Waals surface area (Å²) in [4.78, 5) is 11.0. The van der Waals surface area contributed by atoms with Gasteiger partial charge in [-0.25, -0.2) is 13.6 Å². The van der Waals surface area contributed by atoms with E-state index in [0.29, 0.717) is 5.56 Å². The van der Waals surface area contributed by atoms with E-state index in [0.717, 1.165) is 12.1 Å². The fraction of sp³-hybridized carbons (Fsp3) is 0.0714. The molecule has 0 aliphatic heterocycles. The molecule has 0 bridgehead atoms. The Morgan fingerprint density at radius 1 is 1.20 bits per heavy atom. The maximum atomic E-state index is 13.0. The van der Waals surface area contributed by atoms with Gasteiger partial charge < -0.3 is 9.84 Å². The molecule has 1 N–H and O–H groups in total. The molecule has 0 atom stereocenters. The summed E-state index contributed by atoms with van der Waals surface area (Å²) in [6.45, 7) is -0.124. The van der Waals surface area contributed by atoms with Crippen molar-refractivity contribution >= 4 is 17.6 Å². The van der Waals surface area contributed by atoms with Gasteiger partial charge in [-0.3, -0.25) is 0 Å². The summed E-state index contributed by atoms with van der Waals surface area (Å²) in [5, 5.41) is 9.15. The summed E-state index contributed by atoms with van der Waals surface area (Å²) >= 11 is 5.87. The van der Waals surface area contributed by atoms with Crippen LogP contribution < -0.4 is 4.74 Å². The van der Waals surface area contributed by atoms with Crippen LogP contribution in [0.5, 0.6) is 5.75 Å². The number of halogens is 3. The van der Waals surface area contributed by atoms with Crippen LogP contribution in [0.4, 0.5) is 8.78 Å². The molecule has 0 radical (unpaired) electrons. The summed E-state index contributed by atoms with van der Waals surface area (Å²) in [5.74, 6) is -3.15. The Labute approximate surface area is 118 Å². The first kappa shape index (κ1) is 14.3.